The largest absolute Gasteiger partial charge is 0.496 e. The minimum Gasteiger partial charge on any atom is -0.496 e. The van der Waals surface area contributed by atoms with Crippen LogP contribution in [0.25, 0.3) is 33.5 Å². The first-order chi connectivity index (χ1) is 20.9. The zero-order chi connectivity index (χ0) is 29.9. The van der Waals surface area contributed by atoms with Gasteiger partial charge in [-0.2, -0.15) is 9.78 Å². The predicted octanol–water partition coefficient (Wildman–Crippen LogP) is 7.02. The molecule has 43 heavy (non-hydrogen) atoms. The Hall–Kier alpha value is -5.12. The van der Waals surface area contributed by atoms with Crippen LogP contribution < -0.4 is 20.3 Å². The number of benzene rings is 4. The molecule has 4 aromatic carbocycles. The van der Waals surface area contributed by atoms with Crippen molar-refractivity contribution in [3.63, 3.8) is 0 Å². The average molecular weight is 613 g/mol. The van der Waals surface area contributed by atoms with Gasteiger partial charge < -0.3 is 19.2 Å². The fourth-order valence-corrected chi connectivity index (χ4v) is 5.10. The summed E-state index contributed by atoms with van der Waals surface area (Å²) in [6.07, 6.45) is 1.42. The number of anilines is 1. The third-order valence-corrected chi connectivity index (χ3v) is 7.03. The van der Waals surface area contributed by atoms with Gasteiger partial charge >= 0.3 is 0 Å². The number of carbonyl (C=O) groups is 1. The zero-order valence-corrected chi connectivity index (χ0v) is 24.1. The van der Waals surface area contributed by atoms with Crippen molar-refractivity contribution in [3.05, 3.63) is 117 Å². The highest BCUT2D eigenvalue weighted by Gasteiger charge is 2.18. The lowest BCUT2D eigenvalue weighted by atomic mass is 10.2. The number of fused-ring (bicyclic) bond motifs is 2. The molecule has 0 atom stereocenters. The number of carbonyl (C=O) groups excluding carboxylic acids is 1. The normalized spacial score (nSPS) is 11.3. The van der Waals surface area contributed by atoms with Gasteiger partial charge in [0.15, 0.2) is 18.1 Å². The van der Waals surface area contributed by atoms with E-state index in [0.717, 1.165) is 10.1 Å². The Morgan fingerprint density at radius 1 is 0.977 bits per heavy atom. The van der Waals surface area contributed by atoms with E-state index in [0.29, 0.717) is 39.2 Å². The number of nitrogens with one attached hydrogen (secondary N) is 1. The molecule has 9 nitrogen and oxygen atoms in total. The van der Waals surface area contributed by atoms with Crippen molar-refractivity contribution in [2.45, 2.75) is 0 Å². The molecule has 1 amide bonds. The maximum atomic E-state index is 13.6. The molecule has 0 spiro atoms. The van der Waals surface area contributed by atoms with Crippen molar-refractivity contribution in [1.82, 2.24) is 9.66 Å². The summed E-state index contributed by atoms with van der Waals surface area (Å²) in [5.74, 6) is 0.913. The van der Waals surface area contributed by atoms with Crippen molar-refractivity contribution in [1.29, 1.82) is 0 Å². The summed E-state index contributed by atoms with van der Waals surface area (Å²) in [6, 6.07) is 26.3. The molecular weight excluding hydrogens is 591 g/mol. The number of ether oxygens (including phenoxy) is 2. The van der Waals surface area contributed by atoms with E-state index in [1.807, 2.05) is 30.3 Å². The van der Waals surface area contributed by atoms with Gasteiger partial charge in [0.1, 0.15) is 11.3 Å². The number of rotatable bonds is 8. The predicted molar refractivity (Wildman–Crippen MR) is 168 cm³/mol. The summed E-state index contributed by atoms with van der Waals surface area (Å²) >= 11 is 12.9. The fourth-order valence-electron chi connectivity index (χ4n) is 4.49. The quantitative estimate of drug-likeness (QED) is 0.185. The lowest BCUT2D eigenvalue weighted by Gasteiger charge is -2.11. The number of halogens is 2. The van der Waals surface area contributed by atoms with Crippen LogP contribution in [-0.4, -0.2) is 35.5 Å². The van der Waals surface area contributed by atoms with Crippen LogP contribution in [0.15, 0.2) is 105 Å². The molecule has 2 heterocycles. The van der Waals surface area contributed by atoms with E-state index in [1.54, 1.807) is 67.8 Å². The summed E-state index contributed by atoms with van der Waals surface area (Å²) in [7, 11) is 1.57. The first kappa shape index (κ1) is 28.0. The van der Waals surface area contributed by atoms with Gasteiger partial charge in [0.2, 0.25) is 5.82 Å². The van der Waals surface area contributed by atoms with Gasteiger partial charge in [-0.25, -0.2) is 4.98 Å². The molecule has 0 saturated carbocycles. The standard InChI is InChI=1S/C32H22Cl2N4O5/c1-41-26-12-7-13-27-22(26)16-28(43-27)31-37-25-11-6-5-10-21(25)32(40)38(31)35-17-19-14-23(33)30(24(34)15-19)42-18-29(39)36-20-8-3-2-4-9-20/h2-17H,18H2,1H3,(H,36,39). The molecule has 214 valence electrons. The van der Waals surface area contributed by atoms with E-state index >= 15 is 0 Å². The molecule has 1 N–H and O–H groups in total. The van der Waals surface area contributed by atoms with E-state index in [4.69, 9.17) is 42.1 Å². The summed E-state index contributed by atoms with van der Waals surface area (Å²) in [6.45, 7) is -0.300. The van der Waals surface area contributed by atoms with Crippen molar-refractivity contribution in [2.75, 3.05) is 19.0 Å². The zero-order valence-electron chi connectivity index (χ0n) is 22.6. The van der Waals surface area contributed by atoms with Crippen molar-refractivity contribution in [3.8, 4) is 23.1 Å². The molecule has 0 aliphatic heterocycles. The molecule has 6 aromatic rings. The Balaban J connectivity index is 1.32. The molecule has 0 unspecified atom stereocenters. The van der Waals surface area contributed by atoms with Crippen molar-refractivity contribution >= 4 is 62.9 Å². The summed E-state index contributed by atoms with van der Waals surface area (Å²) < 4.78 is 18.3. The van der Waals surface area contributed by atoms with Crippen LogP contribution in [0.4, 0.5) is 5.69 Å². The van der Waals surface area contributed by atoms with E-state index in [-0.39, 0.29) is 34.1 Å². The Morgan fingerprint density at radius 2 is 1.72 bits per heavy atom. The second-order valence-corrected chi connectivity index (χ2v) is 10.1. The number of aromatic nitrogens is 2. The van der Waals surface area contributed by atoms with Crippen LogP contribution in [0.1, 0.15) is 5.56 Å². The van der Waals surface area contributed by atoms with Crippen LogP contribution >= 0.6 is 23.2 Å². The number of nitrogens with zero attached hydrogens (tertiary/aromatic N) is 3. The maximum Gasteiger partial charge on any atom is 0.282 e. The molecular formula is C32H22Cl2N4O5. The maximum absolute atomic E-state index is 13.6. The third-order valence-electron chi connectivity index (χ3n) is 6.46. The number of methoxy groups -OCH3 is 1. The molecule has 0 fully saturated rings. The number of hydrogen-bond acceptors (Lipinski definition) is 7. The van der Waals surface area contributed by atoms with E-state index in [9.17, 15) is 9.59 Å². The molecule has 0 aliphatic rings. The Bertz CT molecular complexity index is 2050. The molecule has 11 heteroatoms. The van der Waals surface area contributed by atoms with Crippen molar-refractivity contribution < 1.29 is 18.7 Å². The first-order valence-corrected chi connectivity index (χ1v) is 13.8. The average Bonchev–Trinajstić information content (AvgIpc) is 3.45. The Morgan fingerprint density at radius 3 is 2.49 bits per heavy atom. The monoisotopic (exact) mass is 612 g/mol. The fraction of sp³-hybridized carbons (Fsp3) is 0.0625. The van der Waals surface area contributed by atoms with Crippen LogP contribution in [0.2, 0.25) is 10.0 Å². The second-order valence-electron chi connectivity index (χ2n) is 9.31. The highest BCUT2D eigenvalue weighted by Crippen LogP contribution is 2.35. The number of amides is 1. The first-order valence-electron chi connectivity index (χ1n) is 13.0. The van der Waals surface area contributed by atoms with Crippen molar-refractivity contribution in [2.24, 2.45) is 5.10 Å². The second kappa shape index (κ2) is 12.0. The van der Waals surface area contributed by atoms with E-state index in [2.05, 4.69) is 10.4 Å². The van der Waals surface area contributed by atoms with Gasteiger partial charge in [-0.05, 0) is 60.2 Å². The molecule has 0 bridgehead atoms. The SMILES string of the molecule is COc1cccc2oc(-c3nc4ccccc4c(=O)n3N=Cc3cc(Cl)c(OCC(=O)Nc4ccccc4)c(Cl)c3)cc12. The van der Waals surface area contributed by atoms with Gasteiger partial charge in [0, 0.05) is 5.69 Å². The third kappa shape index (κ3) is 5.81. The van der Waals surface area contributed by atoms with Gasteiger partial charge in [0.25, 0.3) is 11.5 Å². The van der Waals surface area contributed by atoms with Gasteiger partial charge in [-0.1, -0.05) is 59.6 Å². The van der Waals surface area contributed by atoms with Gasteiger partial charge in [-0.3, -0.25) is 9.59 Å². The number of hydrogen-bond donors (Lipinski definition) is 1. The summed E-state index contributed by atoms with van der Waals surface area (Å²) in [5.41, 5.74) is 1.78. The molecule has 6 rings (SSSR count). The van der Waals surface area contributed by atoms with E-state index < -0.39 is 5.56 Å². The minimum absolute atomic E-state index is 0.144. The summed E-state index contributed by atoms with van der Waals surface area (Å²) in [5, 5.41) is 8.61. The highest BCUT2D eigenvalue weighted by atomic mass is 35.5. The molecule has 0 radical (unpaired) electrons. The molecule has 0 saturated heterocycles. The van der Waals surface area contributed by atoms with Crippen LogP contribution in [0, 0.1) is 0 Å². The van der Waals surface area contributed by atoms with Crippen LogP contribution in [0.5, 0.6) is 11.5 Å². The Kier molecular flexibility index (Phi) is 7.83. The van der Waals surface area contributed by atoms with Crippen LogP contribution in [0.3, 0.4) is 0 Å². The number of para-hydroxylation sites is 2. The lowest BCUT2D eigenvalue weighted by molar-refractivity contribution is -0.118. The number of furan rings is 1. The smallest absolute Gasteiger partial charge is 0.282 e. The summed E-state index contributed by atoms with van der Waals surface area (Å²) in [4.78, 5) is 30.6. The molecule has 0 aliphatic carbocycles. The van der Waals surface area contributed by atoms with E-state index in [1.165, 1.54) is 6.21 Å². The lowest BCUT2D eigenvalue weighted by Crippen LogP contribution is -2.20. The Labute approximate surface area is 254 Å². The topological polar surface area (TPSA) is 108 Å². The highest BCUT2D eigenvalue weighted by molar-refractivity contribution is 6.37. The molecule has 2 aromatic heterocycles. The van der Waals surface area contributed by atoms with Crippen LogP contribution in [-0.2, 0) is 4.79 Å². The minimum atomic E-state index is -0.397. The van der Waals surface area contributed by atoms with Gasteiger partial charge in [-0.15, -0.1) is 0 Å². The van der Waals surface area contributed by atoms with Gasteiger partial charge in [0.05, 0.1) is 39.7 Å².